The molecule has 0 aromatic rings. The van der Waals surface area contributed by atoms with Gasteiger partial charge in [-0.15, -0.1) is 23.2 Å². The van der Waals surface area contributed by atoms with E-state index >= 15 is 0 Å². The van der Waals surface area contributed by atoms with Gasteiger partial charge in [-0.05, 0) is 0 Å². The van der Waals surface area contributed by atoms with E-state index in [4.69, 9.17) is 23.2 Å². The summed E-state index contributed by atoms with van der Waals surface area (Å²) in [7, 11) is 0. The summed E-state index contributed by atoms with van der Waals surface area (Å²) in [6, 6.07) is 0. The summed E-state index contributed by atoms with van der Waals surface area (Å²) in [5.74, 6) is 0. The van der Waals surface area contributed by atoms with Gasteiger partial charge < -0.3 is 0 Å². The van der Waals surface area contributed by atoms with Crippen LogP contribution in [0.3, 0.4) is 0 Å². The Morgan fingerprint density at radius 2 is 1.17 bits per heavy atom. The highest BCUT2D eigenvalue weighted by Crippen LogP contribution is 2.20. The zero-order valence-corrected chi connectivity index (χ0v) is 7.35. The van der Waals surface area contributed by atoms with Crippen molar-refractivity contribution >= 4 is 55.1 Å². The molecule has 0 spiro atoms. The van der Waals surface area contributed by atoms with E-state index in [1.807, 2.05) is 0 Å². The Labute approximate surface area is 63.4 Å². The van der Waals surface area contributed by atoms with E-state index in [1.54, 1.807) is 0 Å². The van der Waals surface area contributed by atoms with Crippen LogP contribution in [0.5, 0.6) is 0 Å². The van der Waals surface area contributed by atoms with Gasteiger partial charge in [-0.25, -0.2) is 0 Å². The third-order valence-corrected chi connectivity index (χ3v) is 3.20. The lowest BCUT2D eigenvalue weighted by atomic mass is 11.0. The fourth-order valence-electron chi connectivity index (χ4n) is 0. The maximum atomic E-state index is 5.35. The Morgan fingerprint density at radius 1 is 1.00 bits per heavy atom. The molecular weight excluding hydrogens is 255 g/mol. The van der Waals surface area contributed by atoms with Crippen molar-refractivity contribution in [2.75, 3.05) is 0 Å². The molecule has 0 aromatic heterocycles. The molecule has 0 aliphatic carbocycles. The summed E-state index contributed by atoms with van der Waals surface area (Å²) in [5, 5.41) is 0. The smallest absolute Gasteiger partial charge is 0.108 e. The van der Waals surface area contributed by atoms with Crippen LogP contribution in [0, 0.1) is 0 Å². The van der Waals surface area contributed by atoms with Crippen LogP contribution in [0.4, 0.5) is 0 Å². The second kappa shape index (κ2) is 3.53. The molecule has 0 saturated carbocycles. The van der Waals surface area contributed by atoms with Gasteiger partial charge in [-0.3, -0.25) is 0 Å². The lowest BCUT2D eigenvalue weighted by Crippen LogP contribution is -1.94. The molecule has 2 unspecified atom stereocenters. The van der Waals surface area contributed by atoms with Gasteiger partial charge >= 0.3 is 0 Å². The van der Waals surface area contributed by atoms with Crippen molar-refractivity contribution in [3.8, 4) is 0 Å². The van der Waals surface area contributed by atoms with E-state index in [-0.39, 0.29) is 8.57 Å². The third-order valence-electron chi connectivity index (χ3n) is 0.190. The minimum atomic E-state index is -0.181. The first-order valence-electron chi connectivity index (χ1n) is 1.21. The quantitative estimate of drug-likeness (QED) is 0.633. The molecule has 0 bridgehead atoms. The molecule has 0 N–H and O–H groups in total. The van der Waals surface area contributed by atoms with Gasteiger partial charge in [0.15, 0.2) is 0 Å². The molecule has 0 aliphatic heterocycles. The van der Waals surface area contributed by atoms with Gasteiger partial charge in [0.2, 0.25) is 0 Å². The maximum absolute atomic E-state index is 5.35. The Morgan fingerprint density at radius 3 is 1.17 bits per heavy atom. The molecule has 0 rings (SSSR count). The zero-order chi connectivity index (χ0) is 5.15. The van der Waals surface area contributed by atoms with Crippen LogP contribution in [-0.4, -0.2) is 8.57 Å². The molecule has 0 fully saturated rings. The first-order chi connectivity index (χ1) is 2.64. The highest BCUT2D eigenvalue weighted by molar-refractivity contribution is 9.13. The Kier molecular flexibility index (Phi) is 4.44. The molecule has 2 atom stereocenters. The largest absolute Gasteiger partial charge is 0.115 e. The number of hydrogen-bond acceptors (Lipinski definition) is 0. The summed E-state index contributed by atoms with van der Waals surface area (Å²) in [6.45, 7) is 0. The highest BCUT2D eigenvalue weighted by atomic mass is 79.9. The van der Waals surface area contributed by atoms with E-state index < -0.39 is 0 Å². The summed E-state index contributed by atoms with van der Waals surface area (Å²) < 4.78 is -0.363. The fraction of sp³-hybridized carbons (Fsp3) is 1.00. The second-order valence-electron chi connectivity index (χ2n) is 0.669. The average Bonchev–Trinajstić information content (AvgIpc) is 1.36. The molecule has 0 aliphatic rings. The number of alkyl halides is 4. The van der Waals surface area contributed by atoms with Crippen molar-refractivity contribution in [1.29, 1.82) is 0 Å². The van der Waals surface area contributed by atoms with Crippen LogP contribution >= 0.6 is 55.1 Å². The second-order valence-corrected chi connectivity index (χ2v) is 4.64. The lowest BCUT2D eigenvalue weighted by Gasteiger charge is -1.96. The van der Waals surface area contributed by atoms with Gasteiger partial charge in [0.25, 0.3) is 0 Å². The van der Waals surface area contributed by atoms with E-state index in [9.17, 15) is 0 Å². The van der Waals surface area contributed by atoms with Gasteiger partial charge in [-0.2, -0.15) is 0 Å². The highest BCUT2D eigenvalue weighted by Gasteiger charge is 2.05. The lowest BCUT2D eigenvalue weighted by molar-refractivity contribution is 1.38. The molecule has 0 nitrogen and oxygen atoms in total. The standard InChI is InChI=1S/C2H2Br2Cl2/c3-1(5)2(4)6/h1-2H. The molecular formula is C2H2Br2Cl2. The third kappa shape index (κ3) is 3.72. The number of halogens is 4. The van der Waals surface area contributed by atoms with Gasteiger partial charge in [0, 0.05) is 0 Å². The average molecular weight is 257 g/mol. The van der Waals surface area contributed by atoms with Crippen LogP contribution in [0.2, 0.25) is 0 Å². The summed E-state index contributed by atoms with van der Waals surface area (Å²) in [4.78, 5) is 0. The van der Waals surface area contributed by atoms with E-state index in [0.29, 0.717) is 0 Å². The van der Waals surface area contributed by atoms with Crippen molar-refractivity contribution in [3.63, 3.8) is 0 Å². The van der Waals surface area contributed by atoms with Crippen molar-refractivity contribution in [2.45, 2.75) is 8.57 Å². The molecule has 0 radical (unpaired) electrons. The van der Waals surface area contributed by atoms with Crippen molar-refractivity contribution in [3.05, 3.63) is 0 Å². The predicted molar refractivity (Wildman–Crippen MR) is 37.1 cm³/mol. The Balaban J connectivity index is 2.99. The predicted octanol–water partition coefficient (Wildman–Crippen LogP) is 2.91. The monoisotopic (exact) mass is 254 g/mol. The van der Waals surface area contributed by atoms with Gasteiger partial charge in [-0.1, -0.05) is 31.9 Å². The topological polar surface area (TPSA) is 0 Å². The Hall–Kier alpha value is 1.54. The molecule has 6 heavy (non-hydrogen) atoms. The van der Waals surface area contributed by atoms with Gasteiger partial charge in [0.05, 0.1) is 0 Å². The van der Waals surface area contributed by atoms with Crippen molar-refractivity contribution in [2.24, 2.45) is 0 Å². The summed E-state index contributed by atoms with van der Waals surface area (Å²) in [5.41, 5.74) is 0. The SMILES string of the molecule is ClC(Br)C(Cl)Br. The van der Waals surface area contributed by atoms with Crippen LogP contribution in [-0.2, 0) is 0 Å². The summed E-state index contributed by atoms with van der Waals surface area (Å²) >= 11 is 16.8. The molecule has 0 amide bonds. The molecule has 4 heteroatoms. The van der Waals surface area contributed by atoms with E-state index in [2.05, 4.69) is 31.9 Å². The minimum absolute atomic E-state index is 0.181. The zero-order valence-electron chi connectivity index (χ0n) is 2.67. The van der Waals surface area contributed by atoms with Crippen LogP contribution in [0.1, 0.15) is 0 Å². The van der Waals surface area contributed by atoms with Gasteiger partial charge in [0.1, 0.15) is 8.57 Å². The Bertz CT molecular complexity index is 30.5. The first-order valence-corrected chi connectivity index (χ1v) is 3.91. The number of rotatable bonds is 1. The van der Waals surface area contributed by atoms with Crippen LogP contribution < -0.4 is 0 Å². The van der Waals surface area contributed by atoms with E-state index in [1.165, 1.54) is 0 Å². The normalized spacial score (nSPS) is 20.0. The van der Waals surface area contributed by atoms with Crippen molar-refractivity contribution in [1.82, 2.24) is 0 Å². The van der Waals surface area contributed by atoms with Crippen LogP contribution in [0.25, 0.3) is 0 Å². The summed E-state index contributed by atoms with van der Waals surface area (Å²) in [6.07, 6.45) is 0. The molecule has 0 heterocycles. The van der Waals surface area contributed by atoms with Crippen molar-refractivity contribution < 1.29 is 0 Å². The number of hydrogen-bond donors (Lipinski definition) is 0. The molecule has 0 saturated heterocycles. The maximum Gasteiger partial charge on any atom is 0.115 e. The van der Waals surface area contributed by atoms with Crippen LogP contribution in [0.15, 0.2) is 0 Å². The fourth-order valence-corrected chi connectivity index (χ4v) is 0. The first kappa shape index (κ1) is 7.54. The van der Waals surface area contributed by atoms with E-state index in [0.717, 1.165) is 0 Å². The minimum Gasteiger partial charge on any atom is -0.108 e. The molecule has 0 aromatic carbocycles. The molecule has 38 valence electrons.